The first-order chi connectivity index (χ1) is 6.13. The molecule has 0 aliphatic rings. The first-order valence-corrected chi connectivity index (χ1v) is 4.65. The van der Waals surface area contributed by atoms with Crippen LogP contribution in [0.3, 0.4) is 0 Å². The molecule has 0 saturated carbocycles. The zero-order chi connectivity index (χ0) is 10.3. The Kier molecular flexibility index (Phi) is 6.54. The Balaban J connectivity index is 3.69. The average molecular weight is 188 g/mol. The SMILES string of the molecule is CCNCC[C@@H](C)C(=O)N(C)OC. The number of carbonyl (C=O) groups is 1. The smallest absolute Gasteiger partial charge is 0.248 e. The van der Waals surface area contributed by atoms with Crippen LogP contribution in [0.25, 0.3) is 0 Å². The Hall–Kier alpha value is -0.610. The number of carbonyl (C=O) groups excluding carboxylic acids is 1. The second-order valence-electron chi connectivity index (χ2n) is 3.06. The number of hydrogen-bond acceptors (Lipinski definition) is 3. The molecule has 78 valence electrons. The molecule has 13 heavy (non-hydrogen) atoms. The van der Waals surface area contributed by atoms with Crippen LogP contribution in [0.5, 0.6) is 0 Å². The van der Waals surface area contributed by atoms with Crippen molar-refractivity contribution >= 4 is 5.91 Å². The molecule has 0 radical (unpaired) electrons. The van der Waals surface area contributed by atoms with Crippen molar-refractivity contribution in [3.05, 3.63) is 0 Å². The summed E-state index contributed by atoms with van der Waals surface area (Å²) < 4.78 is 0. The Morgan fingerprint density at radius 2 is 2.23 bits per heavy atom. The Labute approximate surface area is 80.2 Å². The monoisotopic (exact) mass is 188 g/mol. The summed E-state index contributed by atoms with van der Waals surface area (Å²) in [5.74, 6) is 0.0457. The van der Waals surface area contributed by atoms with E-state index >= 15 is 0 Å². The summed E-state index contributed by atoms with van der Waals surface area (Å²) in [4.78, 5) is 16.2. The van der Waals surface area contributed by atoms with Gasteiger partial charge in [-0.1, -0.05) is 13.8 Å². The van der Waals surface area contributed by atoms with Gasteiger partial charge in [0.2, 0.25) is 5.91 Å². The van der Waals surface area contributed by atoms with Crippen LogP contribution in [0.2, 0.25) is 0 Å². The largest absolute Gasteiger partial charge is 0.317 e. The highest BCUT2D eigenvalue weighted by Crippen LogP contribution is 2.04. The molecule has 1 amide bonds. The molecule has 0 aromatic rings. The van der Waals surface area contributed by atoms with Crippen molar-refractivity contribution in [1.82, 2.24) is 10.4 Å². The fourth-order valence-corrected chi connectivity index (χ4v) is 1.02. The van der Waals surface area contributed by atoms with Gasteiger partial charge in [0, 0.05) is 13.0 Å². The summed E-state index contributed by atoms with van der Waals surface area (Å²) in [5, 5.41) is 4.45. The average Bonchev–Trinajstić information content (AvgIpc) is 2.15. The zero-order valence-electron chi connectivity index (χ0n) is 8.96. The van der Waals surface area contributed by atoms with Gasteiger partial charge in [-0.25, -0.2) is 5.06 Å². The minimum Gasteiger partial charge on any atom is -0.317 e. The van der Waals surface area contributed by atoms with Gasteiger partial charge >= 0.3 is 0 Å². The van der Waals surface area contributed by atoms with Crippen LogP contribution in [0, 0.1) is 5.92 Å². The maximum absolute atomic E-state index is 11.4. The predicted octanol–water partition coefficient (Wildman–Crippen LogP) is 0.642. The third-order valence-corrected chi connectivity index (χ3v) is 2.01. The highest BCUT2D eigenvalue weighted by atomic mass is 16.7. The molecule has 4 heteroatoms. The molecule has 0 spiro atoms. The molecule has 0 aromatic carbocycles. The Morgan fingerprint density at radius 3 is 2.69 bits per heavy atom. The van der Waals surface area contributed by atoms with Crippen LogP contribution in [-0.4, -0.2) is 38.2 Å². The fourth-order valence-electron chi connectivity index (χ4n) is 1.02. The highest BCUT2D eigenvalue weighted by Gasteiger charge is 2.16. The van der Waals surface area contributed by atoms with Crippen molar-refractivity contribution in [2.24, 2.45) is 5.92 Å². The van der Waals surface area contributed by atoms with E-state index in [1.54, 1.807) is 7.05 Å². The second kappa shape index (κ2) is 6.86. The van der Waals surface area contributed by atoms with Gasteiger partial charge < -0.3 is 5.32 Å². The first kappa shape index (κ1) is 12.4. The fraction of sp³-hybridized carbons (Fsp3) is 0.889. The van der Waals surface area contributed by atoms with Crippen LogP contribution in [0.15, 0.2) is 0 Å². The number of amides is 1. The lowest BCUT2D eigenvalue weighted by molar-refractivity contribution is -0.173. The van der Waals surface area contributed by atoms with E-state index in [2.05, 4.69) is 5.32 Å². The van der Waals surface area contributed by atoms with Gasteiger partial charge in [-0.3, -0.25) is 9.63 Å². The normalized spacial score (nSPS) is 12.6. The summed E-state index contributed by atoms with van der Waals surface area (Å²) in [6, 6.07) is 0. The van der Waals surface area contributed by atoms with Crippen molar-refractivity contribution in [2.75, 3.05) is 27.2 Å². The van der Waals surface area contributed by atoms with Gasteiger partial charge in [0.05, 0.1) is 7.11 Å². The van der Waals surface area contributed by atoms with E-state index in [4.69, 9.17) is 4.84 Å². The number of hydrogen-bond donors (Lipinski definition) is 1. The molecule has 0 heterocycles. The molecular formula is C9H20N2O2. The lowest BCUT2D eigenvalue weighted by Gasteiger charge is -2.18. The van der Waals surface area contributed by atoms with Gasteiger partial charge in [-0.05, 0) is 19.5 Å². The van der Waals surface area contributed by atoms with Crippen molar-refractivity contribution in [1.29, 1.82) is 0 Å². The topological polar surface area (TPSA) is 41.6 Å². The van der Waals surface area contributed by atoms with Gasteiger partial charge in [0.15, 0.2) is 0 Å². The van der Waals surface area contributed by atoms with E-state index in [9.17, 15) is 4.79 Å². The highest BCUT2D eigenvalue weighted by molar-refractivity contribution is 5.77. The molecule has 0 saturated heterocycles. The zero-order valence-corrected chi connectivity index (χ0v) is 8.96. The summed E-state index contributed by atoms with van der Waals surface area (Å²) in [5.41, 5.74) is 0. The van der Waals surface area contributed by atoms with Crippen LogP contribution in [0.4, 0.5) is 0 Å². The molecular weight excluding hydrogens is 168 g/mol. The molecule has 0 rings (SSSR count). The molecule has 0 bridgehead atoms. The molecule has 4 nitrogen and oxygen atoms in total. The Bertz CT molecular complexity index is 151. The van der Waals surface area contributed by atoms with Crippen molar-refractivity contribution in [2.45, 2.75) is 20.3 Å². The predicted molar refractivity (Wildman–Crippen MR) is 52.1 cm³/mol. The van der Waals surface area contributed by atoms with E-state index in [0.717, 1.165) is 19.5 Å². The molecule has 0 fully saturated rings. The minimum atomic E-state index is 0.0176. The third kappa shape index (κ3) is 4.85. The van der Waals surface area contributed by atoms with Crippen LogP contribution in [-0.2, 0) is 9.63 Å². The van der Waals surface area contributed by atoms with Gasteiger partial charge in [-0.15, -0.1) is 0 Å². The summed E-state index contributed by atoms with van der Waals surface area (Å²) in [7, 11) is 3.13. The van der Waals surface area contributed by atoms with Gasteiger partial charge in [-0.2, -0.15) is 0 Å². The second-order valence-corrected chi connectivity index (χ2v) is 3.06. The molecule has 1 atom stereocenters. The minimum absolute atomic E-state index is 0.0176. The van der Waals surface area contributed by atoms with Crippen LogP contribution < -0.4 is 5.32 Å². The lowest BCUT2D eigenvalue weighted by Crippen LogP contribution is -2.32. The number of nitrogens with one attached hydrogen (secondary N) is 1. The van der Waals surface area contributed by atoms with Crippen molar-refractivity contribution < 1.29 is 9.63 Å². The van der Waals surface area contributed by atoms with Crippen LogP contribution >= 0.6 is 0 Å². The molecule has 0 aliphatic carbocycles. The maximum Gasteiger partial charge on any atom is 0.248 e. The number of rotatable bonds is 6. The molecule has 1 N–H and O–H groups in total. The quantitative estimate of drug-likeness (QED) is 0.491. The maximum atomic E-state index is 11.4. The first-order valence-electron chi connectivity index (χ1n) is 4.65. The summed E-state index contributed by atoms with van der Waals surface area (Å²) in [6.45, 7) is 5.78. The van der Waals surface area contributed by atoms with E-state index in [1.165, 1.54) is 12.2 Å². The molecule has 0 aliphatic heterocycles. The lowest BCUT2D eigenvalue weighted by atomic mass is 10.1. The van der Waals surface area contributed by atoms with Gasteiger partial charge in [0.1, 0.15) is 0 Å². The standard InChI is InChI=1S/C9H20N2O2/c1-5-10-7-6-8(2)9(12)11(3)13-4/h8,10H,5-7H2,1-4H3/t8-/m1/s1. The number of nitrogens with zero attached hydrogens (tertiary/aromatic N) is 1. The van der Waals surface area contributed by atoms with Gasteiger partial charge in [0.25, 0.3) is 0 Å². The van der Waals surface area contributed by atoms with Crippen molar-refractivity contribution in [3.63, 3.8) is 0 Å². The number of hydroxylamine groups is 2. The van der Waals surface area contributed by atoms with E-state index in [0.29, 0.717) is 0 Å². The van der Waals surface area contributed by atoms with Crippen molar-refractivity contribution in [3.8, 4) is 0 Å². The van der Waals surface area contributed by atoms with Crippen LogP contribution in [0.1, 0.15) is 20.3 Å². The Morgan fingerprint density at radius 1 is 1.62 bits per heavy atom. The van der Waals surface area contributed by atoms with E-state index in [1.807, 2.05) is 13.8 Å². The summed E-state index contributed by atoms with van der Waals surface area (Å²) in [6.07, 6.45) is 0.848. The molecule has 0 aromatic heterocycles. The van der Waals surface area contributed by atoms with E-state index < -0.39 is 0 Å². The van der Waals surface area contributed by atoms with E-state index in [-0.39, 0.29) is 11.8 Å². The third-order valence-electron chi connectivity index (χ3n) is 2.01. The molecule has 0 unspecified atom stereocenters. The summed E-state index contributed by atoms with van der Waals surface area (Å²) >= 11 is 0.